The fourth-order valence-corrected chi connectivity index (χ4v) is 1.99. The quantitative estimate of drug-likeness (QED) is 0.906. The molecule has 0 unspecified atom stereocenters. The number of pyridine rings is 1. The molecule has 0 fully saturated rings. The van der Waals surface area contributed by atoms with E-state index in [0.717, 1.165) is 22.8 Å². The summed E-state index contributed by atoms with van der Waals surface area (Å²) in [6.45, 7) is 1.89. The molecule has 0 saturated carbocycles. The summed E-state index contributed by atoms with van der Waals surface area (Å²) in [6.07, 6.45) is 1.59. The summed E-state index contributed by atoms with van der Waals surface area (Å²) in [5.41, 5.74) is 4.00. The van der Waals surface area contributed by atoms with Gasteiger partial charge in [-0.15, -0.1) is 0 Å². The van der Waals surface area contributed by atoms with Crippen LogP contribution in [0.25, 0.3) is 0 Å². The molecule has 21 heavy (non-hydrogen) atoms. The first-order chi connectivity index (χ1) is 10.0. The number of amides is 1. The lowest BCUT2D eigenvalue weighted by molar-refractivity contribution is 0.102. The summed E-state index contributed by atoms with van der Waals surface area (Å²) in [5.74, 6) is -0.176. The minimum Gasteiger partial charge on any atom is -0.387 e. The number of carbonyl (C=O) groups is 1. The van der Waals surface area contributed by atoms with Crippen LogP contribution in [0.3, 0.4) is 0 Å². The molecule has 0 aliphatic rings. The summed E-state index contributed by atoms with van der Waals surface area (Å²) in [6, 6.07) is 9.54. The number of aryl methyl sites for hydroxylation is 1. The zero-order valence-corrected chi connectivity index (χ0v) is 12.8. The molecule has 1 heterocycles. The predicted octanol–water partition coefficient (Wildman–Crippen LogP) is 2.75. The van der Waals surface area contributed by atoms with Crippen LogP contribution in [-0.2, 0) is 0 Å². The molecule has 5 nitrogen and oxygen atoms in total. The van der Waals surface area contributed by atoms with Crippen molar-refractivity contribution in [1.29, 1.82) is 0 Å². The number of anilines is 3. The number of rotatable bonds is 4. The van der Waals surface area contributed by atoms with Gasteiger partial charge in [0.05, 0.1) is 11.3 Å². The standard InChI is InChI=1S/C16H20N4O/c1-11-9-15(17-2)14(10-18-11)16(21)19-12-5-7-13(8-6-12)20(3)4/h5-10H,1-4H3,(H,17,18)(H,19,21). The Hall–Kier alpha value is -2.56. The number of carbonyl (C=O) groups excluding carboxylic acids is 1. The molecule has 0 radical (unpaired) electrons. The van der Waals surface area contributed by atoms with Gasteiger partial charge in [0.15, 0.2) is 0 Å². The van der Waals surface area contributed by atoms with Crippen LogP contribution >= 0.6 is 0 Å². The van der Waals surface area contributed by atoms with Gasteiger partial charge < -0.3 is 15.5 Å². The maximum Gasteiger partial charge on any atom is 0.259 e. The molecule has 2 N–H and O–H groups in total. The van der Waals surface area contributed by atoms with Gasteiger partial charge in [-0.05, 0) is 37.3 Å². The van der Waals surface area contributed by atoms with E-state index in [0.29, 0.717) is 5.56 Å². The number of nitrogens with zero attached hydrogens (tertiary/aromatic N) is 2. The summed E-state index contributed by atoms with van der Waals surface area (Å²) >= 11 is 0. The third kappa shape index (κ3) is 3.51. The second-order valence-corrected chi connectivity index (χ2v) is 5.02. The van der Waals surface area contributed by atoms with Gasteiger partial charge in [0.2, 0.25) is 0 Å². The molecular weight excluding hydrogens is 264 g/mol. The van der Waals surface area contributed by atoms with Crippen molar-refractivity contribution < 1.29 is 4.79 Å². The third-order valence-electron chi connectivity index (χ3n) is 3.20. The molecule has 1 amide bonds. The second kappa shape index (κ2) is 6.26. The molecule has 2 rings (SSSR count). The molecule has 0 bridgehead atoms. The maximum atomic E-state index is 12.3. The van der Waals surface area contributed by atoms with Crippen molar-refractivity contribution in [2.45, 2.75) is 6.92 Å². The van der Waals surface area contributed by atoms with E-state index in [1.807, 2.05) is 56.3 Å². The first-order valence-electron chi connectivity index (χ1n) is 6.74. The predicted molar refractivity (Wildman–Crippen MR) is 87.2 cm³/mol. The summed E-state index contributed by atoms with van der Waals surface area (Å²) in [5, 5.41) is 5.90. The van der Waals surface area contributed by atoms with Crippen molar-refractivity contribution in [3.05, 3.63) is 47.8 Å². The lowest BCUT2D eigenvalue weighted by Crippen LogP contribution is -2.15. The van der Waals surface area contributed by atoms with E-state index in [2.05, 4.69) is 15.6 Å². The van der Waals surface area contributed by atoms with Crippen LogP contribution in [0.15, 0.2) is 36.5 Å². The summed E-state index contributed by atoms with van der Waals surface area (Å²) in [7, 11) is 5.74. The minimum atomic E-state index is -0.176. The first kappa shape index (κ1) is 14.8. The number of benzene rings is 1. The molecule has 2 aromatic rings. The highest BCUT2D eigenvalue weighted by atomic mass is 16.1. The van der Waals surface area contributed by atoms with Crippen molar-refractivity contribution in [1.82, 2.24) is 4.98 Å². The van der Waals surface area contributed by atoms with E-state index in [1.54, 1.807) is 13.2 Å². The van der Waals surface area contributed by atoms with Gasteiger partial charge in [0, 0.05) is 44.4 Å². The maximum absolute atomic E-state index is 12.3. The van der Waals surface area contributed by atoms with Crippen LogP contribution in [0.2, 0.25) is 0 Å². The van der Waals surface area contributed by atoms with Crippen molar-refractivity contribution in [2.24, 2.45) is 0 Å². The van der Waals surface area contributed by atoms with E-state index >= 15 is 0 Å². The molecule has 0 spiro atoms. The lowest BCUT2D eigenvalue weighted by Gasteiger charge is -2.13. The Labute approximate surface area is 125 Å². The average Bonchev–Trinajstić information content (AvgIpc) is 2.47. The fraction of sp³-hybridized carbons (Fsp3) is 0.250. The number of hydrogen-bond donors (Lipinski definition) is 2. The van der Waals surface area contributed by atoms with E-state index in [-0.39, 0.29) is 5.91 Å². The molecule has 5 heteroatoms. The van der Waals surface area contributed by atoms with Crippen LogP contribution in [0.1, 0.15) is 16.1 Å². The van der Waals surface area contributed by atoms with Gasteiger partial charge in [-0.25, -0.2) is 0 Å². The van der Waals surface area contributed by atoms with Gasteiger partial charge in [0.25, 0.3) is 5.91 Å². The van der Waals surface area contributed by atoms with Crippen LogP contribution in [-0.4, -0.2) is 32.0 Å². The Morgan fingerprint density at radius 3 is 2.43 bits per heavy atom. The van der Waals surface area contributed by atoms with E-state index in [4.69, 9.17) is 0 Å². The molecule has 1 aromatic heterocycles. The van der Waals surface area contributed by atoms with Crippen molar-refractivity contribution >= 4 is 23.0 Å². The van der Waals surface area contributed by atoms with Gasteiger partial charge in [-0.1, -0.05) is 0 Å². The number of nitrogens with one attached hydrogen (secondary N) is 2. The SMILES string of the molecule is CNc1cc(C)ncc1C(=O)Nc1ccc(N(C)C)cc1. The Bertz CT molecular complexity index is 635. The highest BCUT2D eigenvalue weighted by molar-refractivity contribution is 6.07. The molecule has 0 aliphatic heterocycles. The van der Waals surface area contributed by atoms with Crippen molar-refractivity contribution in [2.75, 3.05) is 36.7 Å². The molecule has 1 aromatic carbocycles. The Morgan fingerprint density at radius 1 is 1.19 bits per heavy atom. The van der Waals surface area contributed by atoms with E-state index in [9.17, 15) is 4.79 Å². The highest BCUT2D eigenvalue weighted by Gasteiger charge is 2.12. The molecule has 0 atom stereocenters. The molecule has 0 aliphatic carbocycles. The lowest BCUT2D eigenvalue weighted by atomic mass is 10.2. The second-order valence-electron chi connectivity index (χ2n) is 5.02. The van der Waals surface area contributed by atoms with E-state index < -0.39 is 0 Å². The van der Waals surface area contributed by atoms with Gasteiger partial charge >= 0.3 is 0 Å². The summed E-state index contributed by atoms with van der Waals surface area (Å²) in [4.78, 5) is 18.5. The van der Waals surface area contributed by atoms with Gasteiger partial charge in [0.1, 0.15) is 0 Å². The number of hydrogen-bond acceptors (Lipinski definition) is 4. The van der Waals surface area contributed by atoms with Crippen LogP contribution < -0.4 is 15.5 Å². The van der Waals surface area contributed by atoms with Crippen LogP contribution in [0.5, 0.6) is 0 Å². The first-order valence-corrected chi connectivity index (χ1v) is 6.74. The summed E-state index contributed by atoms with van der Waals surface area (Å²) < 4.78 is 0. The molecule has 110 valence electrons. The Balaban J connectivity index is 2.18. The zero-order valence-electron chi connectivity index (χ0n) is 12.8. The monoisotopic (exact) mass is 284 g/mol. The van der Waals surface area contributed by atoms with E-state index in [1.165, 1.54) is 0 Å². The topological polar surface area (TPSA) is 57.3 Å². The smallest absolute Gasteiger partial charge is 0.259 e. The zero-order chi connectivity index (χ0) is 15.4. The Kier molecular flexibility index (Phi) is 4.42. The normalized spacial score (nSPS) is 10.1. The van der Waals surface area contributed by atoms with Gasteiger partial charge in [-0.3, -0.25) is 9.78 Å². The van der Waals surface area contributed by atoms with Crippen molar-refractivity contribution in [3.63, 3.8) is 0 Å². The molecule has 0 saturated heterocycles. The average molecular weight is 284 g/mol. The van der Waals surface area contributed by atoms with Gasteiger partial charge in [-0.2, -0.15) is 0 Å². The Morgan fingerprint density at radius 2 is 1.86 bits per heavy atom. The minimum absolute atomic E-state index is 0.176. The highest BCUT2D eigenvalue weighted by Crippen LogP contribution is 2.19. The van der Waals surface area contributed by atoms with Crippen LogP contribution in [0.4, 0.5) is 17.1 Å². The van der Waals surface area contributed by atoms with Crippen molar-refractivity contribution in [3.8, 4) is 0 Å². The fourth-order valence-electron chi connectivity index (χ4n) is 1.99. The largest absolute Gasteiger partial charge is 0.387 e. The van der Waals surface area contributed by atoms with Crippen LogP contribution in [0, 0.1) is 6.92 Å². The third-order valence-corrected chi connectivity index (χ3v) is 3.20. The number of aromatic nitrogens is 1. The molecular formula is C16H20N4O.